The highest BCUT2D eigenvalue weighted by atomic mass is 19.4. The highest BCUT2D eigenvalue weighted by molar-refractivity contribution is 6.05. The summed E-state index contributed by atoms with van der Waals surface area (Å²) < 4.78 is 69.0. The molecule has 0 spiro atoms. The molecule has 0 radical (unpaired) electrons. The maximum absolute atomic E-state index is 14.8. The van der Waals surface area contributed by atoms with Crippen LogP contribution in [0.1, 0.15) is 34.1 Å². The Morgan fingerprint density at radius 1 is 1.10 bits per heavy atom. The number of pyridine rings is 2. The number of aryl methyl sites for hydroxylation is 1. The van der Waals surface area contributed by atoms with E-state index in [1.54, 1.807) is 19.2 Å². The van der Waals surface area contributed by atoms with Gasteiger partial charge in [0.15, 0.2) is 0 Å². The van der Waals surface area contributed by atoms with Crippen LogP contribution < -0.4 is 26.4 Å². The van der Waals surface area contributed by atoms with Crippen LogP contribution in [0.15, 0.2) is 54.7 Å². The van der Waals surface area contributed by atoms with Gasteiger partial charge in [0.05, 0.1) is 42.7 Å². The number of anilines is 1. The molecule has 4 aromatic rings. The molecule has 0 saturated carbocycles. The number of hydrogen-bond donors (Lipinski definition) is 5. The fourth-order valence-electron chi connectivity index (χ4n) is 5.50. The van der Waals surface area contributed by atoms with Crippen molar-refractivity contribution in [2.45, 2.75) is 37.1 Å². The van der Waals surface area contributed by atoms with Gasteiger partial charge in [0.1, 0.15) is 29.3 Å². The summed E-state index contributed by atoms with van der Waals surface area (Å²) in [4.78, 5) is 47.0. The molecule has 2 atom stereocenters. The van der Waals surface area contributed by atoms with E-state index in [-0.39, 0.29) is 46.5 Å². The number of nitrogens with two attached hydrogens (primary N) is 1. The van der Waals surface area contributed by atoms with Gasteiger partial charge in [-0.25, -0.2) is 14.2 Å². The van der Waals surface area contributed by atoms with Gasteiger partial charge in [-0.15, -0.1) is 0 Å². The number of amides is 4. The van der Waals surface area contributed by atoms with Gasteiger partial charge in [0, 0.05) is 28.3 Å². The van der Waals surface area contributed by atoms with Crippen LogP contribution in [-0.4, -0.2) is 71.5 Å². The van der Waals surface area contributed by atoms with Crippen molar-refractivity contribution in [2.24, 2.45) is 5.73 Å². The summed E-state index contributed by atoms with van der Waals surface area (Å²) in [6.45, 7) is 2.04. The number of aromatic nitrogens is 2. The summed E-state index contributed by atoms with van der Waals surface area (Å²) in [7, 11) is 0. The molecule has 12 nitrogen and oxygen atoms in total. The average Bonchev–Trinajstić information content (AvgIpc) is 3.38. The number of nitrogens with zero attached hydrogens (tertiary/aromatic N) is 2. The molecule has 6 N–H and O–H groups in total. The van der Waals surface area contributed by atoms with Gasteiger partial charge in [0.2, 0.25) is 11.5 Å². The Morgan fingerprint density at radius 3 is 2.45 bits per heavy atom. The van der Waals surface area contributed by atoms with E-state index in [2.05, 4.69) is 25.9 Å². The minimum Gasteiger partial charge on any atom is -0.489 e. The van der Waals surface area contributed by atoms with Crippen LogP contribution in [-0.2, 0) is 20.5 Å². The molecule has 0 unspecified atom stereocenters. The van der Waals surface area contributed by atoms with Gasteiger partial charge in [-0.1, -0.05) is 0 Å². The second-order valence-electron chi connectivity index (χ2n) is 12.2. The topological polar surface area (TPSA) is 178 Å². The van der Waals surface area contributed by atoms with Crippen molar-refractivity contribution in [1.29, 1.82) is 0 Å². The molecule has 0 bridgehead atoms. The van der Waals surface area contributed by atoms with E-state index < -0.39 is 53.1 Å². The number of rotatable bonds is 8. The van der Waals surface area contributed by atoms with Gasteiger partial charge < -0.3 is 36.3 Å². The van der Waals surface area contributed by atoms with E-state index in [1.165, 1.54) is 31.2 Å². The number of carbonyl (C=O) groups excluding carboxylic acids is 3. The number of benzene rings is 2. The fraction of sp³-hybridized carbons (Fsp3) is 0.303. The fourth-order valence-corrected chi connectivity index (χ4v) is 5.50. The molecule has 2 aromatic heterocycles. The largest absolute Gasteiger partial charge is 0.489 e. The van der Waals surface area contributed by atoms with Gasteiger partial charge in [0.25, 0.3) is 5.91 Å². The summed E-state index contributed by atoms with van der Waals surface area (Å²) in [5.74, 6) is -2.61. The Kier molecular flexibility index (Phi) is 8.40. The zero-order chi connectivity index (χ0) is 35.3. The second-order valence-corrected chi connectivity index (χ2v) is 12.2. The SMILES string of the molecule is Cc1cnc2c(NC(=O)NC3COC3)cc(C(=O)NC[C@](O)(c3cc4c(c(-c5ccc(F)cc5)n3)OC[C@]4(C)C(N)=O)C(F)(F)F)cc2c1. The van der Waals surface area contributed by atoms with E-state index in [4.69, 9.17) is 15.2 Å². The first-order valence-electron chi connectivity index (χ1n) is 15.0. The Labute approximate surface area is 276 Å². The maximum atomic E-state index is 14.8. The van der Waals surface area contributed by atoms with E-state index in [0.717, 1.165) is 18.2 Å². The summed E-state index contributed by atoms with van der Waals surface area (Å²) in [6, 6.07) is 8.99. The van der Waals surface area contributed by atoms with Gasteiger partial charge >= 0.3 is 12.2 Å². The lowest BCUT2D eigenvalue weighted by Crippen LogP contribution is -2.52. The van der Waals surface area contributed by atoms with E-state index in [1.807, 2.05) is 0 Å². The first-order chi connectivity index (χ1) is 23.1. The van der Waals surface area contributed by atoms with Crippen LogP contribution in [0.2, 0.25) is 0 Å². The molecule has 16 heteroatoms. The average molecular weight is 683 g/mol. The van der Waals surface area contributed by atoms with E-state index in [0.29, 0.717) is 29.7 Å². The molecule has 1 fully saturated rings. The zero-order valence-electron chi connectivity index (χ0n) is 26.1. The van der Waals surface area contributed by atoms with Crippen molar-refractivity contribution in [1.82, 2.24) is 20.6 Å². The minimum absolute atomic E-state index is 0.0563. The number of halogens is 4. The molecule has 0 aliphatic carbocycles. The highest BCUT2D eigenvalue weighted by Gasteiger charge is 2.57. The molecule has 1 saturated heterocycles. The van der Waals surface area contributed by atoms with Crippen molar-refractivity contribution in [2.75, 3.05) is 31.7 Å². The van der Waals surface area contributed by atoms with Crippen LogP contribution in [0.3, 0.4) is 0 Å². The van der Waals surface area contributed by atoms with Gasteiger partial charge in [-0.05, 0) is 67.9 Å². The molecule has 256 valence electrons. The quantitative estimate of drug-likeness (QED) is 0.175. The molecule has 4 heterocycles. The monoisotopic (exact) mass is 682 g/mol. The lowest BCUT2D eigenvalue weighted by atomic mass is 9.81. The number of urea groups is 1. The maximum Gasteiger partial charge on any atom is 0.424 e. The molecular weight excluding hydrogens is 652 g/mol. The third kappa shape index (κ3) is 6.20. The molecule has 2 aliphatic heterocycles. The van der Waals surface area contributed by atoms with Crippen LogP contribution >= 0.6 is 0 Å². The Balaban J connectivity index is 1.37. The first kappa shape index (κ1) is 33.5. The molecule has 2 aromatic carbocycles. The number of hydrogen-bond acceptors (Lipinski definition) is 8. The minimum atomic E-state index is -5.41. The number of primary amides is 1. The number of carbonyl (C=O) groups is 3. The molecule has 2 aliphatic rings. The second kappa shape index (κ2) is 12.3. The molecule has 4 amide bonds. The molecule has 6 rings (SSSR count). The van der Waals surface area contributed by atoms with Gasteiger partial charge in [-0.3, -0.25) is 14.6 Å². The number of ether oxygens (including phenoxy) is 2. The Hall–Kier alpha value is -5.35. The summed E-state index contributed by atoms with van der Waals surface area (Å²) >= 11 is 0. The normalized spacial score (nSPS) is 18.5. The standard InChI is InChI=1S/C33H30F4N6O6/c1-16-7-18-8-19(9-23(25(18)39-11-16)42-30(46)41-21-12-48-13-21)28(44)40-14-32(47,33(35,36)37)24-10-22-27(49-15-31(22,2)29(38)45)26(43-24)17-3-5-20(34)6-4-17/h3-11,21,47H,12-15H2,1-2H3,(H2,38,45)(H,40,44)(H2,41,42,46)/t31-,32-/m0/s1. The summed E-state index contributed by atoms with van der Waals surface area (Å²) in [5, 5.41) is 19.2. The predicted octanol–water partition coefficient (Wildman–Crippen LogP) is 3.58. The van der Waals surface area contributed by atoms with Crippen molar-refractivity contribution in [3.05, 3.63) is 82.9 Å². The number of fused-ring (bicyclic) bond motifs is 2. The number of alkyl halides is 3. The van der Waals surface area contributed by atoms with E-state index >= 15 is 0 Å². The molecule has 49 heavy (non-hydrogen) atoms. The number of nitrogens with one attached hydrogen (secondary N) is 3. The van der Waals surface area contributed by atoms with Crippen molar-refractivity contribution >= 4 is 34.4 Å². The first-order valence-corrected chi connectivity index (χ1v) is 15.0. The number of aliphatic hydroxyl groups is 1. The molecular formula is C33H30F4N6O6. The van der Waals surface area contributed by atoms with Crippen LogP contribution in [0.25, 0.3) is 22.2 Å². The smallest absolute Gasteiger partial charge is 0.424 e. The highest BCUT2D eigenvalue weighted by Crippen LogP contribution is 2.47. The van der Waals surface area contributed by atoms with Crippen molar-refractivity contribution < 1.29 is 46.5 Å². The third-order valence-corrected chi connectivity index (χ3v) is 8.54. The lowest BCUT2D eigenvalue weighted by molar-refractivity contribution is -0.265. The van der Waals surface area contributed by atoms with Crippen molar-refractivity contribution in [3.63, 3.8) is 0 Å². The van der Waals surface area contributed by atoms with Crippen LogP contribution in [0.5, 0.6) is 5.75 Å². The van der Waals surface area contributed by atoms with Crippen LogP contribution in [0, 0.1) is 12.7 Å². The van der Waals surface area contributed by atoms with Crippen molar-refractivity contribution in [3.8, 4) is 17.0 Å². The predicted molar refractivity (Wildman–Crippen MR) is 167 cm³/mol. The lowest BCUT2D eigenvalue weighted by Gasteiger charge is -2.31. The van der Waals surface area contributed by atoms with Gasteiger partial charge in [-0.2, -0.15) is 13.2 Å². The van der Waals surface area contributed by atoms with E-state index in [9.17, 15) is 37.1 Å². The summed E-state index contributed by atoms with van der Waals surface area (Å²) in [5.41, 5.74) is 0.122. The zero-order valence-corrected chi connectivity index (χ0v) is 26.1. The Bertz CT molecular complexity index is 1990. The Morgan fingerprint density at radius 2 is 1.82 bits per heavy atom. The summed E-state index contributed by atoms with van der Waals surface area (Å²) in [6.07, 6.45) is -3.86. The van der Waals surface area contributed by atoms with Crippen LogP contribution in [0.4, 0.5) is 28.0 Å². The third-order valence-electron chi connectivity index (χ3n) is 8.54.